The quantitative estimate of drug-likeness (QED) is 0.457. The molecule has 12 heavy (non-hydrogen) atoms. The SMILES string of the molecule is CN=CCCCN1CCCC1=O. The van der Waals surface area contributed by atoms with Gasteiger partial charge in [0.1, 0.15) is 0 Å². The first-order valence-corrected chi connectivity index (χ1v) is 4.53. The molecule has 0 aliphatic carbocycles. The molecule has 0 aromatic rings. The highest BCUT2D eigenvalue weighted by Gasteiger charge is 2.18. The minimum absolute atomic E-state index is 0.323. The van der Waals surface area contributed by atoms with Crippen molar-refractivity contribution in [2.24, 2.45) is 4.99 Å². The van der Waals surface area contributed by atoms with Crippen LogP contribution in [0.15, 0.2) is 4.99 Å². The van der Waals surface area contributed by atoms with Crippen molar-refractivity contribution in [2.45, 2.75) is 25.7 Å². The summed E-state index contributed by atoms with van der Waals surface area (Å²) in [6.45, 7) is 1.87. The number of likely N-dealkylation sites (tertiary alicyclic amines) is 1. The second-order valence-corrected chi connectivity index (χ2v) is 3.07. The van der Waals surface area contributed by atoms with E-state index in [1.807, 2.05) is 11.1 Å². The molecular formula is C9H16N2O. The van der Waals surface area contributed by atoms with Gasteiger partial charge in [0.15, 0.2) is 0 Å². The highest BCUT2D eigenvalue weighted by molar-refractivity contribution is 5.78. The number of carbonyl (C=O) groups excluding carboxylic acids is 1. The van der Waals surface area contributed by atoms with Crippen LogP contribution in [0.2, 0.25) is 0 Å². The molecule has 0 spiro atoms. The molecule has 1 saturated heterocycles. The lowest BCUT2D eigenvalue weighted by molar-refractivity contribution is -0.127. The molecular weight excluding hydrogens is 152 g/mol. The van der Waals surface area contributed by atoms with Gasteiger partial charge < -0.3 is 9.89 Å². The predicted molar refractivity (Wildman–Crippen MR) is 49.5 cm³/mol. The highest BCUT2D eigenvalue weighted by Crippen LogP contribution is 2.09. The van der Waals surface area contributed by atoms with Crippen molar-refractivity contribution in [2.75, 3.05) is 20.1 Å². The molecule has 0 bridgehead atoms. The summed E-state index contributed by atoms with van der Waals surface area (Å²) < 4.78 is 0. The second-order valence-electron chi connectivity index (χ2n) is 3.07. The van der Waals surface area contributed by atoms with Crippen molar-refractivity contribution in [1.82, 2.24) is 4.90 Å². The number of hydrogen-bond donors (Lipinski definition) is 0. The molecule has 0 saturated carbocycles. The molecule has 1 fully saturated rings. The van der Waals surface area contributed by atoms with Gasteiger partial charge in [-0.05, 0) is 25.5 Å². The van der Waals surface area contributed by atoms with Gasteiger partial charge >= 0.3 is 0 Å². The largest absolute Gasteiger partial charge is 0.343 e. The summed E-state index contributed by atoms with van der Waals surface area (Å²) >= 11 is 0. The molecule has 3 heteroatoms. The molecule has 1 heterocycles. The number of unbranched alkanes of at least 4 members (excludes halogenated alkanes) is 1. The topological polar surface area (TPSA) is 32.7 Å². The molecule has 1 amide bonds. The zero-order valence-corrected chi connectivity index (χ0v) is 7.62. The first kappa shape index (κ1) is 9.23. The van der Waals surface area contributed by atoms with E-state index in [1.165, 1.54) is 0 Å². The molecule has 0 N–H and O–H groups in total. The molecule has 0 aromatic heterocycles. The van der Waals surface area contributed by atoms with Gasteiger partial charge in [-0.1, -0.05) is 0 Å². The molecule has 0 atom stereocenters. The Bertz CT molecular complexity index is 177. The van der Waals surface area contributed by atoms with Gasteiger partial charge in [0.05, 0.1) is 0 Å². The van der Waals surface area contributed by atoms with Gasteiger partial charge in [-0.15, -0.1) is 0 Å². The molecule has 0 radical (unpaired) electrons. The number of amides is 1. The number of nitrogens with zero attached hydrogens (tertiary/aromatic N) is 2. The normalized spacial score (nSPS) is 18.1. The minimum atomic E-state index is 0.323. The van der Waals surface area contributed by atoms with Crippen LogP contribution in [-0.2, 0) is 4.79 Å². The van der Waals surface area contributed by atoms with E-state index >= 15 is 0 Å². The van der Waals surface area contributed by atoms with Crippen molar-refractivity contribution < 1.29 is 4.79 Å². The maximum Gasteiger partial charge on any atom is 0.222 e. The fraction of sp³-hybridized carbons (Fsp3) is 0.778. The summed E-state index contributed by atoms with van der Waals surface area (Å²) in [4.78, 5) is 17.0. The van der Waals surface area contributed by atoms with Crippen LogP contribution in [0.4, 0.5) is 0 Å². The third kappa shape index (κ3) is 2.64. The van der Waals surface area contributed by atoms with Crippen molar-refractivity contribution >= 4 is 12.1 Å². The first-order valence-electron chi connectivity index (χ1n) is 4.53. The summed E-state index contributed by atoms with van der Waals surface area (Å²) in [6.07, 6.45) is 5.73. The van der Waals surface area contributed by atoms with E-state index in [1.54, 1.807) is 7.05 Å². The van der Waals surface area contributed by atoms with Crippen LogP contribution in [0.5, 0.6) is 0 Å². The maximum absolute atomic E-state index is 11.1. The Labute approximate surface area is 73.5 Å². The lowest BCUT2D eigenvalue weighted by atomic mass is 10.3. The smallest absolute Gasteiger partial charge is 0.222 e. The molecule has 0 aromatic carbocycles. The molecule has 1 rings (SSSR count). The van der Waals surface area contributed by atoms with Gasteiger partial charge in [-0.3, -0.25) is 4.79 Å². The third-order valence-electron chi connectivity index (χ3n) is 2.12. The summed E-state index contributed by atoms with van der Waals surface area (Å²) in [5, 5.41) is 0. The molecule has 3 nitrogen and oxygen atoms in total. The van der Waals surface area contributed by atoms with Gasteiger partial charge in [-0.2, -0.15) is 0 Å². The van der Waals surface area contributed by atoms with Crippen LogP contribution in [0.1, 0.15) is 25.7 Å². The van der Waals surface area contributed by atoms with Crippen LogP contribution in [-0.4, -0.2) is 37.2 Å². The summed E-state index contributed by atoms with van der Waals surface area (Å²) in [6, 6.07) is 0. The average molecular weight is 168 g/mol. The monoisotopic (exact) mass is 168 g/mol. The van der Waals surface area contributed by atoms with Gasteiger partial charge in [-0.25, -0.2) is 0 Å². The molecule has 68 valence electrons. The first-order chi connectivity index (χ1) is 5.84. The van der Waals surface area contributed by atoms with Crippen LogP contribution < -0.4 is 0 Å². The molecule has 1 aliphatic rings. The number of hydrogen-bond acceptors (Lipinski definition) is 2. The Morgan fingerprint density at radius 1 is 1.67 bits per heavy atom. The van der Waals surface area contributed by atoms with E-state index in [2.05, 4.69) is 4.99 Å². The Hall–Kier alpha value is -0.860. The molecule has 0 unspecified atom stereocenters. The van der Waals surface area contributed by atoms with E-state index in [-0.39, 0.29) is 0 Å². The predicted octanol–water partition coefficient (Wildman–Crippen LogP) is 1.09. The highest BCUT2D eigenvalue weighted by atomic mass is 16.2. The fourth-order valence-electron chi connectivity index (χ4n) is 1.44. The minimum Gasteiger partial charge on any atom is -0.343 e. The number of aliphatic imine (C=N–C) groups is 1. The van der Waals surface area contributed by atoms with Crippen molar-refractivity contribution in [3.8, 4) is 0 Å². The van der Waals surface area contributed by atoms with Crippen LogP contribution in [0.25, 0.3) is 0 Å². The number of rotatable bonds is 4. The average Bonchev–Trinajstić information content (AvgIpc) is 2.46. The zero-order valence-electron chi connectivity index (χ0n) is 7.62. The van der Waals surface area contributed by atoms with Gasteiger partial charge in [0.25, 0.3) is 0 Å². The lowest BCUT2D eigenvalue weighted by Crippen LogP contribution is -2.25. The van der Waals surface area contributed by atoms with E-state index < -0.39 is 0 Å². The van der Waals surface area contributed by atoms with Crippen LogP contribution >= 0.6 is 0 Å². The maximum atomic E-state index is 11.1. The van der Waals surface area contributed by atoms with Gasteiger partial charge in [0, 0.05) is 26.6 Å². The molecule has 1 aliphatic heterocycles. The standard InChI is InChI=1S/C9H16N2O/c1-10-6-2-3-7-11-8-4-5-9(11)12/h6H,2-5,7-8H2,1H3. The summed E-state index contributed by atoms with van der Waals surface area (Å²) in [5.74, 6) is 0.323. The van der Waals surface area contributed by atoms with Crippen LogP contribution in [0, 0.1) is 0 Å². The second kappa shape index (κ2) is 4.91. The fourth-order valence-corrected chi connectivity index (χ4v) is 1.44. The summed E-state index contributed by atoms with van der Waals surface area (Å²) in [5.41, 5.74) is 0. The van der Waals surface area contributed by atoms with Crippen molar-refractivity contribution in [1.29, 1.82) is 0 Å². The Morgan fingerprint density at radius 3 is 3.08 bits per heavy atom. The van der Waals surface area contributed by atoms with Crippen LogP contribution in [0.3, 0.4) is 0 Å². The lowest BCUT2D eigenvalue weighted by Gasteiger charge is -2.13. The van der Waals surface area contributed by atoms with E-state index in [9.17, 15) is 4.79 Å². The Kier molecular flexibility index (Phi) is 3.77. The zero-order chi connectivity index (χ0) is 8.81. The summed E-state index contributed by atoms with van der Waals surface area (Å²) in [7, 11) is 1.78. The van der Waals surface area contributed by atoms with Crippen molar-refractivity contribution in [3.63, 3.8) is 0 Å². The van der Waals surface area contributed by atoms with E-state index in [0.717, 1.165) is 38.8 Å². The van der Waals surface area contributed by atoms with E-state index in [4.69, 9.17) is 0 Å². The third-order valence-corrected chi connectivity index (χ3v) is 2.12. The Morgan fingerprint density at radius 2 is 2.50 bits per heavy atom. The van der Waals surface area contributed by atoms with E-state index in [0.29, 0.717) is 5.91 Å². The van der Waals surface area contributed by atoms with Crippen molar-refractivity contribution in [3.05, 3.63) is 0 Å². The Balaban J connectivity index is 2.10. The number of carbonyl (C=O) groups is 1. The van der Waals surface area contributed by atoms with Gasteiger partial charge in [0.2, 0.25) is 5.91 Å².